The Hall–Kier alpha value is -1.70. The van der Waals surface area contributed by atoms with Gasteiger partial charge in [0.25, 0.3) is 11.8 Å². The maximum atomic E-state index is 12.3. The Balaban J connectivity index is 1.33. The maximum Gasteiger partial charge on any atom is 0.261 e. The van der Waals surface area contributed by atoms with E-state index >= 15 is 0 Å². The van der Waals surface area contributed by atoms with E-state index in [4.69, 9.17) is 9.47 Å². The Morgan fingerprint density at radius 2 is 1.74 bits per heavy atom. The average molecular weight is 373 g/mol. The van der Waals surface area contributed by atoms with E-state index in [1.165, 1.54) is 4.90 Å². The Morgan fingerprint density at radius 1 is 1.11 bits per heavy atom. The molecule has 3 rings (SSSR count). The number of nitrogens with zero attached hydrogens (tertiary/aromatic N) is 1. The van der Waals surface area contributed by atoms with Crippen molar-refractivity contribution in [3.63, 3.8) is 0 Å². The number of hydrogen-bond donors (Lipinski definition) is 1. The second-order valence-electron chi connectivity index (χ2n) is 7.34. The predicted octanol–water partition coefficient (Wildman–Crippen LogP) is 1.36. The van der Waals surface area contributed by atoms with Crippen LogP contribution in [0.4, 0.5) is 0 Å². The summed E-state index contributed by atoms with van der Waals surface area (Å²) in [5.74, 6) is -0.372. The van der Waals surface area contributed by atoms with E-state index in [0.717, 1.165) is 32.1 Å². The van der Waals surface area contributed by atoms with Crippen molar-refractivity contribution in [1.82, 2.24) is 4.90 Å². The number of amides is 2. The number of aliphatic hydroxyl groups is 1. The van der Waals surface area contributed by atoms with Crippen molar-refractivity contribution in [2.45, 2.75) is 63.3 Å². The van der Waals surface area contributed by atoms with E-state index < -0.39 is 6.10 Å². The van der Waals surface area contributed by atoms with Crippen LogP contribution in [0.15, 0.2) is 24.3 Å². The van der Waals surface area contributed by atoms with E-state index in [-0.39, 0.29) is 30.0 Å². The number of aliphatic hydroxyl groups excluding tert-OH is 1. The maximum absolute atomic E-state index is 12.3. The van der Waals surface area contributed by atoms with Gasteiger partial charge in [0.15, 0.2) is 0 Å². The van der Waals surface area contributed by atoms with Crippen molar-refractivity contribution < 1.29 is 24.2 Å². The highest BCUT2D eigenvalue weighted by Crippen LogP contribution is 2.25. The molecule has 1 N–H and O–H groups in total. The van der Waals surface area contributed by atoms with Crippen molar-refractivity contribution >= 4 is 19.7 Å². The molecule has 0 spiro atoms. The summed E-state index contributed by atoms with van der Waals surface area (Å²) in [4.78, 5) is 25.9. The lowest BCUT2D eigenvalue weighted by atomic mass is 9.93. The fourth-order valence-electron chi connectivity index (χ4n) is 3.84. The molecule has 1 aromatic carbocycles. The van der Waals surface area contributed by atoms with Crippen LogP contribution < -0.4 is 0 Å². The lowest BCUT2D eigenvalue weighted by molar-refractivity contribution is -0.0393. The second kappa shape index (κ2) is 9.00. The third-order valence-electron chi connectivity index (χ3n) is 5.44. The molecule has 0 bridgehead atoms. The highest BCUT2D eigenvalue weighted by Gasteiger charge is 2.40. The zero-order valence-electron chi connectivity index (χ0n) is 16.1. The van der Waals surface area contributed by atoms with Crippen molar-refractivity contribution in [3.05, 3.63) is 35.4 Å². The molecule has 2 aliphatic heterocycles. The number of unbranched alkanes of at least 4 members (excludes halogenated alkanes) is 3. The van der Waals surface area contributed by atoms with Gasteiger partial charge in [0.1, 0.15) is 20.1 Å². The van der Waals surface area contributed by atoms with E-state index in [9.17, 15) is 14.7 Å². The van der Waals surface area contributed by atoms with Crippen LogP contribution in [0.3, 0.4) is 0 Å². The van der Waals surface area contributed by atoms with E-state index in [0.29, 0.717) is 24.3 Å². The molecule has 1 fully saturated rings. The minimum atomic E-state index is -0.566. The number of benzene rings is 1. The van der Waals surface area contributed by atoms with Crippen LogP contribution in [-0.4, -0.2) is 67.1 Å². The molecule has 4 atom stereocenters. The molecule has 0 saturated carbocycles. The third kappa shape index (κ3) is 4.26. The summed E-state index contributed by atoms with van der Waals surface area (Å²) in [5, 5.41) is 10.1. The molecule has 0 aromatic heterocycles. The van der Waals surface area contributed by atoms with E-state index in [1.807, 2.05) is 14.8 Å². The first-order chi connectivity index (χ1) is 13.0. The first-order valence-electron chi connectivity index (χ1n) is 9.95. The first kappa shape index (κ1) is 20.0. The molecule has 1 unspecified atom stereocenters. The molecule has 2 aliphatic rings. The standard InChI is InChI=1S/C20H28BNO5/c1-2-15-17(16(23)18(21)27-15)26-12-8-4-3-7-11-22-19(24)13-9-5-6-10-14(13)20(22)25/h5-6,9-10,15-18,23H,2-4,7-8,11-12,21H2,1H3/t15-,16+,17?,18-/m1/s1. The molecule has 0 aliphatic carbocycles. The Bertz CT molecular complexity index is 647. The Labute approximate surface area is 161 Å². The molecule has 2 amide bonds. The van der Waals surface area contributed by atoms with Gasteiger partial charge in [-0.05, 0) is 31.4 Å². The summed E-state index contributed by atoms with van der Waals surface area (Å²) in [7, 11) is 1.87. The van der Waals surface area contributed by atoms with Gasteiger partial charge >= 0.3 is 0 Å². The van der Waals surface area contributed by atoms with Crippen LogP contribution in [0.25, 0.3) is 0 Å². The van der Waals surface area contributed by atoms with Gasteiger partial charge in [0.05, 0.1) is 23.2 Å². The molecular weight excluding hydrogens is 345 g/mol. The summed E-state index contributed by atoms with van der Waals surface area (Å²) in [5.41, 5.74) is 1.01. The van der Waals surface area contributed by atoms with Gasteiger partial charge in [-0.15, -0.1) is 0 Å². The summed E-state index contributed by atoms with van der Waals surface area (Å²) in [6.45, 7) is 3.07. The summed E-state index contributed by atoms with van der Waals surface area (Å²) >= 11 is 0. The predicted molar refractivity (Wildman–Crippen MR) is 104 cm³/mol. The van der Waals surface area contributed by atoms with Crippen LogP contribution in [0.2, 0.25) is 0 Å². The molecule has 1 aromatic rings. The number of fused-ring (bicyclic) bond motifs is 1. The van der Waals surface area contributed by atoms with Crippen LogP contribution in [0.1, 0.15) is 59.7 Å². The number of hydrogen-bond acceptors (Lipinski definition) is 5. The molecule has 2 heterocycles. The van der Waals surface area contributed by atoms with E-state index in [1.54, 1.807) is 24.3 Å². The number of ether oxygens (including phenoxy) is 2. The lowest BCUT2D eigenvalue weighted by Gasteiger charge is -2.20. The van der Waals surface area contributed by atoms with Gasteiger partial charge in [-0.2, -0.15) is 0 Å². The largest absolute Gasteiger partial charge is 0.388 e. The molecular formula is C20H28BNO5. The Morgan fingerprint density at radius 3 is 2.37 bits per heavy atom. The van der Waals surface area contributed by atoms with Gasteiger partial charge in [-0.3, -0.25) is 14.5 Å². The lowest BCUT2D eigenvalue weighted by Crippen LogP contribution is -2.35. The number of rotatable bonds is 9. The average Bonchev–Trinajstić information content (AvgIpc) is 3.09. The summed E-state index contributed by atoms with van der Waals surface area (Å²) in [6, 6.07) is 6.80. The van der Waals surface area contributed by atoms with Gasteiger partial charge in [-0.25, -0.2) is 0 Å². The molecule has 0 radical (unpaired) electrons. The normalized spacial score (nSPS) is 27.4. The number of imide groups is 1. The van der Waals surface area contributed by atoms with Crippen molar-refractivity contribution in [2.75, 3.05) is 13.2 Å². The SMILES string of the molecule is B[C@@H]1O[C@H](CC)C(OCCCCCCN2C(=O)c3ccccc3C2=O)[C@@H]1O. The fourth-order valence-corrected chi connectivity index (χ4v) is 3.84. The molecule has 146 valence electrons. The van der Waals surface area contributed by atoms with E-state index in [2.05, 4.69) is 0 Å². The smallest absolute Gasteiger partial charge is 0.261 e. The highest BCUT2D eigenvalue weighted by molar-refractivity contribution is 6.21. The van der Waals surface area contributed by atoms with Crippen LogP contribution >= 0.6 is 0 Å². The second-order valence-corrected chi connectivity index (χ2v) is 7.34. The van der Waals surface area contributed by atoms with Crippen molar-refractivity contribution in [3.8, 4) is 0 Å². The molecule has 6 nitrogen and oxygen atoms in total. The topological polar surface area (TPSA) is 76.1 Å². The van der Waals surface area contributed by atoms with Crippen LogP contribution in [0.5, 0.6) is 0 Å². The van der Waals surface area contributed by atoms with Crippen LogP contribution in [-0.2, 0) is 9.47 Å². The quantitative estimate of drug-likeness (QED) is 0.402. The highest BCUT2D eigenvalue weighted by atomic mass is 16.6. The van der Waals surface area contributed by atoms with Gasteiger partial charge < -0.3 is 14.6 Å². The number of carbonyl (C=O) groups excluding carboxylic acids is 2. The zero-order valence-corrected chi connectivity index (χ0v) is 16.1. The first-order valence-corrected chi connectivity index (χ1v) is 9.95. The summed E-state index contributed by atoms with van der Waals surface area (Å²) < 4.78 is 11.5. The minimum absolute atomic E-state index is 0.0381. The van der Waals surface area contributed by atoms with Gasteiger partial charge in [0.2, 0.25) is 0 Å². The molecule has 7 heteroatoms. The minimum Gasteiger partial charge on any atom is -0.388 e. The fraction of sp³-hybridized carbons (Fsp3) is 0.600. The number of carbonyl (C=O) groups is 2. The van der Waals surface area contributed by atoms with Crippen molar-refractivity contribution in [2.24, 2.45) is 0 Å². The Kier molecular flexibility index (Phi) is 6.68. The van der Waals surface area contributed by atoms with Gasteiger partial charge in [-0.1, -0.05) is 31.9 Å². The third-order valence-corrected chi connectivity index (χ3v) is 5.44. The van der Waals surface area contributed by atoms with Gasteiger partial charge in [0, 0.05) is 13.2 Å². The molecule has 1 saturated heterocycles. The monoisotopic (exact) mass is 373 g/mol. The molecule has 27 heavy (non-hydrogen) atoms. The van der Waals surface area contributed by atoms with Crippen molar-refractivity contribution in [1.29, 1.82) is 0 Å². The van der Waals surface area contributed by atoms with Crippen LogP contribution in [0, 0.1) is 0 Å². The summed E-state index contributed by atoms with van der Waals surface area (Å²) in [6.07, 6.45) is 3.53. The zero-order chi connectivity index (χ0) is 19.4.